The lowest BCUT2D eigenvalue weighted by Crippen LogP contribution is -2.23. The predicted molar refractivity (Wildman–Crippen MR) is 104 cm³/mol. The summed E-state index contributed by atoms with van der Waals surface area (Å²) in [5, 5.41) is 2.90. The number of ether oxygens (including phenoxy) is 2. The number of carbonyl (C=O) groups is 1. The van der Waals surface area contributed by atoms with Gasteiger partial charge in [0.1, 0.15) is 12.4 Å². The average molecular weight is 362 g/mol. The molecule has 3 rings (SSSR count). The average Bonchev–Trinajstić information content (AvgIpc) is 2.72. The van der Waals surface area contributed by atoms with Gasteiger partial charge in [-0.1, -0.05) is 42.5 Å². The number of hydrogen-bond donors (Lipinski definition) is 1. The van der Waals surface area contributed by atoms with Crippen LogP contribution in [0.1, 0.15) is 28.4 Å². The molecule has 3 aromatic rings. The normalized spacial score (nSPS) is 10.3. The fourth-order valence-electron chi connectivity index (χ4n) is 2.57. The van der Waals surface area contributed by atoms with Crippen LogP contribution in [0.5, 0.6) is 11.6 Å². The zero-order valence-electron chi connectivity index (χ0n) is 15.2. The number of nitrogens with one attached hydrogen (secondary N) is 1. The SMILES string of the molecule is CCOc1ncccc1CNC(=O)c1cccc(OCc2ccccc2)c1. The Bertz CT molecular complexity index is 881. The molecule has 5 nitrogen and oxygen atoms in total. The van der Waals surface area contributed by atoms with Crippen molar-refractivity contribution in [1.29, 1.82) is 0 Å². The Morgan fingerprint density at radius 2 is 1.85 bits per heavy atom. The monoisotopic (exact) mass is 362 g/mol. The Labute approximate surface area is 159 Å². The van der Waals surface area contributed by atoms with Gasteiger partial charge < -0.3 is 14.8 Å². The number of amides is 1. The Morgan fingerprint density at radius 1 is 1.00 bits per heavy atom. The lowest BCUT2D eigenvalue weighted by atomic mass is 10.2. The highest BCUT2D eigenvalue weighted by molar-refractivity contribution is 5.94. The van der Waals surface area contributed by atoms with E-state index in [0.29, 0.717) is 37.0 Å². The summed E-state index contributed by atoms with van der Waals surface area (Å²) in [4.78, 5) is 16.7. The minimum atomic E-state index is -0.175. The Morgan fingerprint density at radius 3 is 2.67 bits per heavy atom. The minimum Gasteiger partial charge on any atom is -0.489 e. The van der Waals surface area contributed by atoms with Crippen molar-refractivity contribution in [2.45, 2.75) is 20.1 Å². The van der Waals surface area contributed by atoms with Crippen molar-refractivity contribution in [3.63, 3.8) is 0 Å². The zero-order chi connectivity index (χ0) is 18.9. The molecular weight excluding hydrogens is 340 g/mol. The van der Waals surface area contributed by atoms with Gasteiger partial charge in [0, 0.05) is 23.9 Å². The van der Waals surface area contributed by atoms with E-state index >= 15 is 0 Å². The smallest absolute Gasteiger partial charge is 0.251 e. The van der Waals surface area contributed by atoms with Gasteiger partial charge in [-0.05, 0) is 36.8 Å². The van der Waals surface area contributed by atoms with Gasteiger partial charge in [0.2, 0.25) is 5.88 Å². The van der Waals surface area contributed by atoms with Crippen molar-refractivity contribution in [1.82, 2.24) is 10.3 Å². The van der Waals surface area contributed by atoms with E-state index < -0.39 is 0 Å². The standard InChI is InChI=1S/C22H22N2O3/c1-2-26-22-19(11-7-13-23-22)15-24-21(25)18-10-6-12-20(14-18)27-16-17-8-4-3-5-9-17/h3-14H,2,15-16H2,1H3,(H,24,25). The maximum atomic E-state index is 12.5. The van der Waals surface area contributed by atoms with Crippen LogP contribution >= 0.6 is 0 Å². The molecule has 1 N–H and O–H groups in total. The van der Waals surface area contributed by atoms with E-state index in [9.17, 15) is 4.79 Å². The molecule has 1 aromatic heterocycles. The number of benzene rings is 2. The summed E-state index contributed by atoms with van der Waals surface area (Å²) >= 11 is 0. The van der Waals surface area contributed by atoms with E-state index in [1.54, 1.807) is 18.3 Å². The summed E-state index contributed by atoms with van der Waals surface area (Å²) in [6.07, 6.45) is 1.67. The molecular formula is C22H22N2O3. The third kappa shape index (κ3) is 5.31. The molecule has 0 aliphatic carbocycles. The van der Waals surface area contributed by atoms with Gasteiger partial charge in [-0.2, -0.15) is 0 Å². The highest BCUT2D eigenvalue weighted by Gasteiger charge is 2.09. The number of carbonyl (C=O) groups excluding carboxylic acids is 1. The first-order chi connectivity index (χ1) is 13.3. The topological polar surface area (TPSA) is 60.5 Å². The first-order valence-electron chi connectivity index (χ1n) is 8.88. The van der Waals surface area contributed by atoms with E-state index in [4.69, 9.17) is 9.47 Å². The molecule has 0 saturated carbocycles. The van der Waals surface area contributed by atoms with Gasteiger partial charge in [0.05, 0.1) is 6.61 Å². The summed E-state index contributed by atoms with van der Waals surface area (Å²) < 4.78 is 11.3. The molecule has 2 aromatic carbocycles. The molecule has 138 valence electrons. The molecule has 1 heterocycles. The third-order valence-corrected chi connectivity index (χ3v) is 3.91. The van der Waals surface area contributed by atoms with E-state index in [-0.39, 0.29) is 5.91 Å². The summed E-state index contributed by atoms with van der Waals surface area (Å²) in [5.74, 6) is 1.02. The van der Waals surface area contributed by atoms with Gasteiger partial charge in [-0.3, -0.25) is 4.79 Å². The van der Waals surface area contributed by atoms with E-state index in [1.807, 2.05) is 61.5 Å². The Kier molecular flexibility index (Phi) is 6.41. The van der Waals surface area contributed by atoms with E-state index in [1.165, 1.54) is 0 Å². The molecule has 0 atom stereocenters. The number of rotatable bonds is 8. The molecule has 0 spiro atoms. The molecule has 1 amide bonds. The quantitative estimate of drug-likeness (QED) is 0.658. The van der Waals surface area contributed by atoms with Gasteiger partial charge in [0.25, 0.3) is 5.91 Å². The molecule has 5 heteroatoms. The molecule has 0 unspecified atom stereocenters. The number of hydrogen-bond acceptors (Lipinski definition) is 4. The fourth-order valence-corrected chi connectivity index (χ4v) is 2.57. The maximum Gasteiger partial charge on any atom is 0.251 e. The van der Waals surface area contributed by atoms with Crippen LogP contribution in [0.15, 0.2) is 72.9 Å². The Hall–Kier alpha value is -3.34. The van der Waals surface area contributed by atoms with Crippen LogP contribution in [-0.2, 0) is 13.2 Å². The van der Waals surface area contributed by atoms with Gasteiger partial charge in [0.15, 0.2) is 0 Å². The van der Waals surface area contributed by atoms with Crippen molar-refractivity contribution < 1.29 is 14.3 Å². The van der Waals surface area contributed by atoms with Gasteiger partial charge in [-0.15, -0.1) is 0 Å². The van der Waals surface area contributed by atoms with Crippen LogP contribution in [0, 0.1) is 0 Å². The van der Waals surface area contributed by atoms with Crippen molar-refractivity contribution in [3.05, 3.63) is 89.6 Å². The zero-order valence-corrected chi connectivity index (χ0v) is 15.2. The molecule has 0 aliphatic rings. The largest absolute Gasteiger partial charge is 0.489 e. The lowest BCUT2D eigenvalue weighted by Gasteiger charge is -2.11. The highest BCUT2D eigenvalue weighted by Crippen LogP contribution is 2.17. The van der Waals surface area contributed by atoms with Crippen molar-refractivity contribution in [2.75, 3.05) is 6.61 Å². The lowest BCUT2D eigenvalue weighted by molar-refractivity contribution is 0.0950. The summed E-state index contributed by atoms with van der Waals surface area (Å²) in [7, 11) is 0. The van der Waals surface area contributed by atoms with Crippen LogP contribution in [0.4, 0.5) is 0 Å². The van der Waals surface area contributed by atoms with Crippen LogP contribution in [-0.4, -0.2) is 17.5 Å². The molecule has 0 saturated heterocycles. The number of aromatic nitrogens is 1. The first kappa shape index (κ1) is 18.5. The first-order valence-corrected chi connectivity index (χ1v) is 8.88. The second kappa shape index (κ2) is 9.38. The van der Waals surface area contributed by atoms with E-state index in [2.05, 4.69) is 10.3 Å². The fraction of sp³-hybridized carbons (Fsp3) is 0.182. The van der Waals surface area contributed by atoms with Crippen molar-refractivity contribution in [3.8, 4) is 11.6 Å². The van der Waals surface area contributed by atoms with Crippen LogP contribution < -0.4 is 14.8 Å². The summed E-state index contributed by atoms with van der Waals surface area (Å²) in [6, 6.07) is 20.8. The van der Waals surface area contributed by atoms with Gasteiger partial charge in [-0.25, -0.2) is 4.98 Å². The summed E-state index contributed by atoms with van der Waals surface area (Å²) in [6.45, 7) is 3.23. The Balaban J connectivity index is 1.60. The third-order valence-electron chi connectivity index (χ3n) is 3.91. The molecule has 0 radical (unpaired) electrons. The molecule has 0 aliphatic heterocycles. The van der Waals surface area contributed by atoms with Crippen molar-refractivity contribution in [2.24, 2.45) is 0 Å². The molecule has 0 fully saturated rings. The minimum absolute atomic E-state index is 0.175. The molecule has 0 bridgehead atoms. The van der Waals surface area contributed by atoms with Crippen LogP contribution in [0.3, 0.4) is 0 Å². The van der Waals surface area contributed by atoms with E-state index in [0.717, 1.165) is 11.1 Å². The number of nitrogens with zero attached hydrogens (tertiary/aromatic N) is 1. The van der Waals surface area contributed by atoms with Crippen molar-refractivity contribution >= 4 is 5.91 Å². The number of pyridine rings is 1. The van der Waals surface area contributed by atoms with Gasteiger partial charge >= 0.3 is 0 Å². The summed E-state index contributed by atoms with van der Waals surface area (Å²) in [5.41, 5.74) is 2.46. The van der Waals surface area contributed by atoms with Crippen LogP contribution in [0.2, 0.25) is 0 Å². The second-order valence-electron chi connectivity index (χ2n) is 5.89. The van der Waals surface area contributed by atoms with Crippen LogP contribution in [0.25, 0.3) is 0 Å². The predicted octanol–water partition coefficient (Wildman–Crippen LogP) is 3.99. The molecule has 27 heavy (non-hydrogen) atoms. The highest BCUT2D eigenvalue weighted by atomic mass is 16.5. The second-order valence-corrected chi connectivity index (χ2v) is 5.89. The maximum absolute atomic E-state index is 12.5.